The Morgan fingerprint density at radius 2 is 1.50 bits per heavy atom. The van der Waals surface area contributed by atoms with Gasteiger partial charge in [-0.25, -0.2) is 0 Å². The fourth-order valence-electron chi connectivity index (χ4n) is 3.06. The van der Waals surface area contributed by atoms with Gasteiger partial charge in [0, 0.05) is 17.0 Å². The molecule has 1 saturated carbocycles. The van der Waals surface area contributed by atoms with Crippen LogP contribution in [0.25, 0.3) is 10.9 Å². The first-order valence-corrected chi connectivity index (χ1v) is 7.29. The number of hydrogen-bond acceptors (Lipinski definition) is 1. The molecule has 1 aliphatic rings. The van der Waals surface area contributed by atoms with E-state index in [0.717, 1.165) is 5.52 Å². The second-order valence-corrected chi connectivity index (χ2v) is 5.47. The van der Waals surface area contributed by atoms with Crippen LogP contribution in [0.1, 0.15) is 56.6 Å². The Morgan fingerprint density at radius 3 is 2.33 bits per heavy atom. The summed E-state index contributed by atoms with van der Waals surface area (Å²) in [5.41, 5.74) is 2.47. The molecule has 0 N–H and O–H groups in total. The van der Waals surface area contributed by atoms with Crippen molar-refractivity contribution in [2.45, 2.75) is 50.9 Å². The molecule has 1 heterocycles. The lowest BCUT2D eigenvalue weighted by Crippen LogP contribution is -2.04. The Hall–Kier alpha value is -1.37. The van der Waals surface area contributed by atoms with Crippen LogP contribution in [0.4, 0.5) is 0 Å². The Labute approximate surface area is 109 Å². The van der Waals surface area contributed by atoms with Crippen LogP contribution in [0.15, 0.2) is 36.4 Å². The number of hydrogen-bond donors (Lipinski definition) is 0. The molecule has 0 bridgehead atoms. The van der Waals surface area contributed by atoms with Crippen molar-refractivity contribution in [2.24, 2.45) is 0 Å². The number of rotatable bonds is 1. The topological polar surface area (TPSA) is 12.9 Å². The van der Waals surface area contributed by atoms with Gasteiger partial charge in [-0.3, -0.25) is 4.98 Å². The molecule has 1 aromatic heterocycles. The highest BCUT2D eigenvalue weighted by Gasteiger charge is 2.14. The fraction of sp³-hybridized carbons (Fsp3) is 0.471. The summed E-state index contributed by atoms with van der Waals surface area (Å²) in [6, 6.07) is 12.9. The maximum Gasteiger partial charge on any atom is 0.0705 e. The molecule has 1 aromatic carbocycles. The van der Waals surface area contributed by atoms with Gasteiger partial charge in [-0.2, -0.15) is 0 Å². The molecule has 94 valence electrons. The van der Waals surface area contributed by atoms with Crippen molar-refractivity contribution < 1.29 is 0 Å². The van der Waals surface area contributed by atoms with E-state index >= 15 is 0 Å². The number of nitrogens with zero attached hydrogens (tertiary/aromatic N) is 1. The lowest BCUT2D eigenvalue weighted by Gasteiger charge is -2.19. The van der Waals surface area contributed by atoms with Gasteiger partial charge in [-0.15, -0.1) is 0 Å². The van der Waals surface area contributed by atoms with Crippen LogP contribution in [-0.2, 0) is 0 Å². The summed E-state index contributed by atoms with van der Waals surface area (Å²) in [6.45, 7) is 0. The zero-order valence-corrected chi connectivity index (χ0v) is 10.9. The zero-order valence-electron chi connectivity index (χ0n) is 10.9. The zero-order chi connectivity index (χ0) is 12.2. The third kappa shape index (κ3) is 2.55. The van der Waals surface area contributed by atoms with Crippen molar-refractivity contribution in [2.75, 3.05) is 0 Å². The molecule has 2 aromatic rings. The van der Waals surface area contributed by atoms with Crippen molar-refractivity contribution in [1.82, 2.24) is 4.98 Å². The van der Waals surface area contributed by atoms with Gasteiger partial charge in [-0.05, 0) is 25.0 Å². The molecule has 0 saturated heterocycles. The maximum atomic E-state index is 4.87. The molecule has 0 aliphatic heterocycles. The van der Waals surface area contributed by atoms with E-state index in [9.17, 15) is 0 Å². The number of para-hydroxylation sites is 1. The van der Waals surface area contributed by atoms with Crippen LogP contribution in [0, 0.1) is 0 Å². The molecule has 1 nitrogen and oxygen atoms in total. The molecule has 0 unspecified atom stereocenters. The summed E-state index contributed by atoms with van der Waals surface area (Å²) >= 11 is 0. The van der Waals surface area contributed by atoms with Crippen molar-refractivity contribution >= 4 is 10.9 Å². The quantitative estimate of drug-likeness (QED) is 0.677. The molecule has 1 fully saturated rings. The van der Waals surface area contributed by atoms with Crippen molar-refractivity contribution in [3.8, 4) is 0 Å². The Kier molecular flexibility index (Phi) is 3.59. The third-order valence-electron chi connectivity index (χ3n) is 4.14. The Balaban J connectivity index is 1.87. The first kappa shape index (κ1) is 11.7. The molecular formula is C17H21N. The number of pyridine rings is 1. The van der Waals surface area contributed by atoms with Crippen molar-refractivity contribution in [1.29, 1.82) is 0 Å². The van der Waals surface area contributed by atoms with Gasteiger partial charge in [0.2, 0.25) is 0 Å². The van der Waals surface area contributed by atoms with Crippen LogP contribution in [0.3, 0.4) is 0 Å². The summed E-state index contributed by atoms with van der Waals surface area (Å²) in [4.78, 5) is 4.87. The SMILES string of the molecule is c1ccc2nc(C3CCCCCCC3)ccc2c1. The van der Waals surface area contributed by atoms with Crippen molar-refractivity contribution in [3.05, 3.63) is 42.1 Å². The smallest absolute Gasteiger partial charge is 0.0705 e. The van der Waals surface area contributed by atoms with E-state index in [0.29, 0.717) is 5.92 Å². The molecule has 0 amide bonds. The lowest BCUT2D eigenvalue weighted by molar-refractivity contribution is 0.450. The van der Waals surface area contributed by atoms with E-state index in [1.54, 1.807) is 0 Å². The second kappa shape index (κ2) is 5.51. The maximum absolute atomic E-state index is 4.87. The summed E-state index contributed by atoms with van der Waals surface area (Å²) in [6.07, 6.45) is 9.64. The molecule has 18 heavy (non-hydrogen) atoms. The van der Waals surface area contributed by atoms with E-state index in [1.807, 2.05) is 0 Å². The minimum atomic E-state index is 0.690. The highest BCUT2D eigenvalue weighted by Crippen LogP contribution is 2.30. The van der Waals surface area contributed by atoms with Gasteiger partial charge in [0.15, 0.2) is 0 Å². The monoisotopic (exact) mass is 239 g/mol. The summed E-state index contributed by atoms with van der Waals surface area (Å²) in [7, 11) is 0. The van der Waals surface area contributed by atoms with Crippen LogP contribution < -0.4 is 0 Å². The number of benzene rings is 1. The standard InChI is InChI=1S/C17H21N/c1-2-4-8-14(9-5-3-1)17-13-12-15-10-6-7-11-16(15)18-17/h6-7,10-14H,1-5,8-9H2. The van der Waals surface area contributed by atoms with E-state index in [1.165, 1.54) is 56.0 Å². The average molecular weight is 239 g/mol. The Bertz CT molecular complexity index is 510. The molecule has 0 radical (unpaired) electrons. The molecule has 1 heteroatoms. The minimum absolute atomic E-state index is 0.690. The largest absolute Gasteiger partial charge is 0.253 e. The average Bonchev–Trinajstić information content (AvgIpc) is 2.38. The van der Waals surface area contributed by atoms with E-state index < -0.39 is 0 Å². The first-order chi connectivity index (χ1) is 8.93. The van der Waals surface area contributed by atoms with Crippen molar-refractivity contribution in [3.63, 3.8) is 0 Å². The van der Waals surface area contributed by atoms with Gasteiger partial charge < -0.3 is 0 Å². The summed E-state index contributed by atoms with van der Waals surface area (Å²) < 4.78 is 0. The summed E-state index contributed by atoms with van der Waals surface area (Å²) in [5.74, 6) is 0.690. The molecule has 1 aliphatic carbocycles. The number of aromatic nitrogens is 1. The first-order valence-electron chi connectivity index (χ1n) is 7.29. The predicted molar refractivity (Wildman–Crippen MR) is 76.8 cm³/mol. The lowest BCUT2D eigenvalue weighted by atomic mass is 9.88. The van der Waals surface area contributed by atoms with E-state index in [-0.39, 0.29) is 0 Å². The van der Waals surface area contributed by atoms with Crippen LogP contribution in [0.2, 0.25) is 0 Å². The molecule has 0 spiro atoms. The highest BCUT2D eigenvalue weighted by atomic mass is 14.7. The van der Waals surface area contributed by atoms with Gasteiger partial charge in [0.1, 0.15) is 0 Å². The van der Waals surface area contributed by atoms with E-state index in [2.05, 4.69) is 36.4 Å². The van der Waals surface area contributed by atoms with Gasteiger partial charge in [0.25, 0.3) is 0 Å². The van der Waals surface area contributed by atoms with Crippen LogP contribution in [0.5, 0.6) is 0 Å². The predicted octanol–water partition coefficient (Wildman–Crippen LogP) is 5.06. The van der Waals surface area contributed by atoms with Crippen LogP contribution in [-0.4, -0.2) is 4.98 Å². The summed E-state index contributed by atoms with van der Waals surface area (Å²) in [5, 5.41) is 1.26. The van der Waals surface area contributed by atoms with Crippen LogP contribution >= 0.6 is 0 Å². The highest BCUT2D eigenvalue weighted by molar-refractivity contribution is 5.78. The fourth-order valence-corrected chi connectivity index (χ4v) is 3.06. The normalized spacial score (nSPS) is 18.4. The third-order valence-corrected chi connectivity index (χ3v) is 4.14. The van der Waals surface area contributed by atoms with E-state index in [4.69, 9.17) is 4.98 Å². The minimum Gasteiger partial charge on any atom is -0.253 e. The number of fused-ring (bicyclic) bond motifs is 1. The second-order valence-electron chi connectivity index (χ2n) is 5.47. The van der Waals surface area contributed by atoms with Gasteiger partial charge >= 0.3 is 0 Å². The van der Waals surface area contributed by atoms with Gasteiger partial charge in [0.05, 0.1) is 5.52 Å². The Morgan fingerprint density at radius 1 is 0.778 bits per heavy atom. The van der Waals surface area contributed by atoms with Gasteiger partial charge in [-0.1, -0.05) is 56.4 Å². The molecule has 0 atom stereocenters. The molecule has 3 rings (SSSR count). The molecular weight excluding hydrogens is 218 g/mol.